The molecule has 6 saturated heterocycles. The highest BCUT2D eigenvalue weighted by atomic mass is 32.1. The van der Waals surface area contributed by atoms with Gasteiger partial charge < -0.3 is 58.3 Å². The number of allylic oxidation sites excluding steroid dienone is 1. The number of halogens is 5. The minimum absolute atomic E-state index is 0. The third-order valence-electron chi connectivity index (χ3n) is 28.6. The molecule has 2 N–H and O–H groups in total. The molecule has 750 valence electrons. The summed E-state index contributed by atoms with van der Waals surface area (Å²) in [5.41, 5.74) is 14.6. The largest absolute Gasteiger partial charge is 0.462 e. The fourth-order valence-corrected chi connectivity index (χ4v) is 21.7. The van der Waals surface area contributed by atoms with E-state index in [-0.39, 0.29) is 147 Å². The van der Waals surface area contributed by atoms with Crippen molar-refractivity contribution in [1.29, 1.82) is 15.8 Å². The number of benzene rings is 4. The number of likely N-dealkylation sites (tertiary alicyclic amines) is 3. The highest BCUT2D eigenvalue weighted by molar-refractivity contribution is 7.59. The molecule has 9 aromatic rings. The van der Waals surface area contributed by atoms with Gasteiger partial charge in [0.25, 0.3) is 11.8 Å². The van der Waals surface area contributed by atoms with E-state index >= 15 is 0 Å². The first-order valence-corrected chi connectivity index (χ1v) is 46.9. The number of carbonyl (C=O) groups is 3. The van der Waals surface area contributed by atoms with Crippen molar-refractivity contribution >= 4 is 139 Å². The number of nitrogens with zero attached hydrogens (tertiary/aromatic N) is 23. The smallest absolute Gasteiger partial charge is 0.318 e. The van der Waals surface area contributed by atoms with Crippen molar-refractivity contribution in [2.45, 2.75) is 187 Å². The monoisotopic (exact) mass is 2000 g/mol. The minimum Gasteiger partial charge on any atom is -0.462 e. The maximum atomic E-state index is 14.8. The van der Waals surface area contributed by atoms with Crippen LogP contribution in [0.1, 0.15) is 128 Å². The Kier molecular flexibility index (Phi) is 34.7. The molecule has 14 heterocycles. The first-order valence-electron chi connectivity index (χ1n) is 46.9. The van der Waals surface area contributed by atoms with E-state index in [1.807, 2.05) is 41.2 Å². The van der Waals surface area contributed by atoms with E-state index in [1.54, 1.807) is 18.7 Å². The summed E-state index contributed by atoms with van der Waals surface area (Å²) in [6, 6.07) is 23.0. The van der Waals surface area contributed by atoms with Crippen LogP contribution in [0.4, 0.5) is 56.5 Å². The zero-order valence-electron chi connectivity index (χ0n) is 81.9. The molecule has 6 fully saturated rings. The van der Waals surface area contributed by atoms with E-state index < -0.39 is 53.6 Å². The van der Waals surface area contributed by atoms with Gasteiger partial charge in [-0.2, -0.15) is 110 Å². The number of anilines is 6. The number of nitrogens with one attached hydrogen (secondary N) is 2. The Morgan fingerprint density at radius 1 is 0.493 bits per heavy atom. The number of hydrogen-bond donors (Lipinski definition) is 2. The van der Waals surface area contributed by atoms with Crippen LogP contribution in [0.5, 0.6) is 18.0 Å². The molecular weight excluding hydrogens is 1870 g/mol. The summed E-state index contributed by atoms with van der Waals surface area (Å²) in [5.74, 6) is -1.70. The standard InChI is InChI=1S/C35H42FN7O2.C33H41F2N9O2.C32H39F2N9O2.4H2S/c1-23-8-6-9-25-10-7-11-30(31(23)25)41-15-13-28-29(20-41)38-34(45-21-27-18-35(3,4)22-40(27)5)39-32(28)42-16-17-43(33(44)24(2)36)26(19-42)12-14-37;1-21-14-27-26(16-37-40-27)30(22(21)2)42-11-8-25-28(18-42)38-32(46-19-24-15-33(3,35)20-41(24)4)39-31(25)43-12-13-44(23(17-43)7-10-36)29(45)6-5-9-34;1-19-12-26-25(14-36-39-26)28(20(19)2)41-9-7-24-27(16-41)37-31(45-17-23-13-32(4,34)18-40(23)5)38-29(24)42-10-11-43(30(44)21(3)33)22(15-42)6-8-35;;;;/h6-11,26-27H,2,12-13,15-22H2,1,3-5H3;5-6,14,16,23-24H,7-9,11-13,15,17-20H2,1-4H3,(H,37,40);12,14,22-23H,3,6-7,9-11,13,15-18H2,1-2,4-5H3,(H,36,39);4*1H2/b;6-5+;;;;;/t26-,27-;23-,24-,33?;22-,23-,32?;;;;/m000..../s1. The summed E-state index contributed by atoms with van der Waals surface area (Å²) < 4.78 is 88.7. The lowest BCUT2D eigenvalue weighted by Crippen LogP contribution is -2.55. The summed E-state index contributed by atoms with van der Waals surface area (Å²) in [6.07, 6.45) is 10.2. The van der Waals surface area contributed by atoms with Crippen LogP contribution in [-0.2, 0) is 53.3 Å². The van der Waals surface area contributed by atoms with E-state index in [1.165, 1.54) is 60.7 Å². The number of rotatable bonds is 22. The zero-order chi connectivity index (χ0) is 96.5. The van der Waals surface area contributed by atoms with Gasteiger partial charge in [0.05, 0.1) is 127 Å². The van der Waals surface area contributed by atoms with E-state index in [0.717, 1.165) is 123 Å². The van der Waals surface area contributed by atoms with Gasteiger partial charge in [0.15, 0.2) is 11.7 Å². The number of piperazine rings is 3. The average Bonchev–Trinajstić information content (AvgIpc) is 1.02. The summed E-state index contributed by atoms with van der Waals surface area (Å²) in [5, 5.41) is 48.0. The molecule has 18 rings (SSSR count). The van der Waals surface area contributed by atoms with Crippen LogP contribution >= 0.6 is 54.0 Å². The van der Waals surface area contributed by atoms with Crippen LogP contribution < -0.4 is 43.6 Å². The number of nitriles is 3. The second-order valence-corrected chi connectivity index (χ2v) is 39.3. The number of likely N-dealkylation sites (N-methyl/N-ethyl adjacent to an activating group) is 3. The lowest BCUT2D eigenvalue weighted by molar-refractivity contribution is -0.132. The Balaban J connectivity index is 0.000000185. The Labute approximate surface area is 843 Å². The number of fused-ring (bicyclic) bond motifs is 6. The van der Waals surface area contributed by atoms with Gasteiger partial charge in [0.1, 0.15) is 55.3 Å². The van der Waals surface area contributed by atoms with Crippen LogP contribution in [0.25, 0.3) is 32.6 Å². The number of amides is 3. The number of aryl methyl sites for hydroxylation is 3. The van der Waals surface area contributed by atoms with Crippen molar-refractivity contribution in [3.63, 3.8) is 0 Å². The van der Waals surface area contributed by atoms with Crippen molar-refractivity contribution < 1.29 is 50.5 Å². The fourth-order valence-electron chi connectivity index (χ4n) is 21.7. The van der Waals surface area contributed by atoms with Gasteiger partial charge in [-0.3, -0.25) is 39.3 Å². The molecule has 0 aliphatic carbocycles. The van der Waals surface area contributed by atoms with Gasteiger partial charge >= 0.3 is 18.0 Å². The fraction of sp³-hybridized carbons (Fsp3) is 0.520. The second-order valence-electron chi connectivity index (χ2n) is 39.3. The Morgan fingerprint density at radius 2 is 0.871 bits per heavy atom. The lowest BCUT2D eigenvalue weighted by atomic mass is 9.91. The lowest BCUT2D eigenvalue weighted by Gasteiger charge is -2.42. The van der Waals surface area contributed by atoms with Gasteiger partial charge in [-0.25, -0.2) is 22.0 Å². The van der Waals surface area contributed by atoms with Crippen molar-refractivity contribution in [3.05, 3.63) is 159 Å². The van der Waals surface area contributed by atoms with Crippen LogP contribution in [0.2, 0.25) is 0 Å². The highest BCUT2D eigenvalue weighted by Gasteiger charge is 2.45. The number of aromatic nitrogens is 10. The van der Waals surface area contributed by atoms with Gasteiger partial charge in [-0.05, 0) is 158 Å². The quantitative estimate of drug-likeness (QED) is 0.0470. The molecule has 5 aromatic heterocycles. The van der Waals surface area contributed by atoms with Crippen LogP contribution in [0.15, 0.2) is 97.9 Å². The normalized spacial score (nSPS) is 22.3. The van der Waals surface area contributed by atoms with E-state index in [9.17, 15) is 52.1 Å². The molecule has 3 amide bonds. The number of ether oxygens (including phenoxy) is 3. The molecule has 140 heavy (non-hydrogen) atoms. The molecule has 0 spiro atoms. The van der Waals surface area contributed by atoms with Gasteiger partial charge in [-0.1, -0.05) is 57.3 Å². The molecule has 40 heteroatoms. The first kappa shape index (κ1) is 107. The SMILES string of the molecule is C=C(F)C(=O)N1CCN(c2nc(OC[C@@H]3CC(C)(C)CN3C)nc3c2CCN(c2cccc4cccc(C)c24)C3)C[C@@H]1CC#N.C=C(F)C(=O)N1CCN(c2nc(OC[C@@H]3CC(C)(F)CN3C)nc3c2CCN(c2c(C)c(C)cc4[nH]ncc24)C3)C[C@@H]1CC#N.Cc1cc2[nH]ncc2c(N2CCc3c(nc(OC[C@@H]4CC(C)(F)CN4C)nc3N3CCN(C(=O)/C=C/CF)[C@@H](CC#N)C3)C2)c1C.S.S.S.S. The Morgan fingerprint density at radius 3 is 1.25 bits per heavy atom. The molecule has 9 aliphatic heterocycles. The van der Waals surface area contributed by atoms with Crippen LogP contribution in [0.3, 0.4) is 0 Å². The van der Waals surface area contributed by atoms with Crippen molar-refractivity contribution in [2.75, 3.05) is 175 Å². The molecular formula is C100H130F5N25O6S4. The van der Waals surface area contributed by atoms with Crippen LogP contribution in [0, 0.1) is 74.0 Å². The van der Waals surface area contributed by atoms with Crippen molar-refractivity contribution in [2.24, 2.45) is 5.41 Å². The third kappa shape index (κ3) is 23.3. The van der Waals surface area contributed by atoms with Crippen LogP contribution in [-0.4, -0.2) is 291 Å². The average molecular weight is 2000 g/mol. The number of carbonyl (C=O) groups excluding carboxylic acids is 3. The molecule has 4 aromatic carbocycles. The Hall–Kier alpha value is -11.5. The number of H-pyrrole nitrogens is 2. The first-order chi connectivity index (χ1) is 65.1. The molecule has 31 nitrogen and oxygen atoms in total. The summed E-state index contributed by atoms with van der Waals surface area (Å²) in [7, 11) is 5.92. The van der Waals surface area contributed by atoms with Gasteiger partial charge in [0.2, 0.25) is 5.91 Å². The predicted molar refractivity (Wildman–Crippen MR) is 554 cm³/mol. The Bertz CT molecular complexity index is 6220. The molecule has 9 aliphatic rings. The maximum Gasteiger partial charge on any atom is 0.318 e. The molecule has 0 saturated carbocycles. The van der Waals surface area contributed by atoms with Gasteiger partial charge in [0, 0.05) is 174 Å². The topological polar surface area (TPSA) is 324 Å². The minimum atomic E-state index is -1.28. The van der Waals surface area contributed by atoms with Crippen molar-refractivity contribution in [3.8, 4) is 36.2 Å². The predicted octanol–water partition coefficient (Wildman–Crippen LogP) is 13.0. The third-order valence-corrected chi connectivity index (χ3v) is 28.6. The number of aromatic amines is 2. The van der Waals surface area contributed by atoms with Gasteiger partial charge in [-0.15, -0.1) is 0 Å². The summed E-state index contributed by atoms with van der Waals surface area (Å²) >= 11 is 0. The summed E-state index contributed by atoms with van der Waals surface area (Å²) in [4.78, 5) is 91.5. The van der Waals surface area contributed by atoms with Crippen molar-refractivity contribution in [1.82, 2.24) is 79.7 Å². The molecule has 0 radical (unpaired) electrons. The number of alkyl halides is 3. The number of hydrogen-bond acceptors (Lipinski definition) is 26. The zero-order valence-corrected chi connectivity index (χ0v) is 85.9. The molecule has 8 atom stereocenters. The van der Waals surface area contributed by atoms with E-state index in [2.05, 4.69) is 185 Å². The second kappa shape index (κ2) is 45.2. The van der Waals surface area contributed by atoms with E-state index in [0.29, 0.717) is 123 Å². The molecule has 0 bridgehead atoms. The highest BCUT2D eigenvalue weighted by Crippen LogP contribution is 2.44. The maximum absolute atomic E-state index is 14.8. The summed E-state index contributed by atoms with van der Waals surface area (Å²) in [6.45, 7) is 33.8. The molecule has 2 unspecified atom stereocenters. The van der Waals surface area contributed by atoms with E-state index in [4.69, 9.17) is 44.1 Å².